The second-order valence-electron chi connectivity index (χ2n) is 4.16. The minimum Gasteiger partial charge on any atom is -0.494 e. The van der Waals surface area contributed by atoms with E-state index in [-0.39, 0.29) is 0 Å². The molecule has 0 unspecified atom stereocenters. The number of benzene rings is 1. The average Bonchev–Trinajstić information content (AvgIpc) is 3.16. The van der Waals surface area contributed by atoms with Gasteiger partial charge in [-0.25, -0.2) is 0 Å². The second kappa shape index (κ2) is 5.77. The van der Waals surface area contributed by atoms with Crippen LogP contribution in [0.15, 0.2) is 40.2 Å². The van der Waals surface area contributed by atoms with Crippen molar-refractivity contribution in [2.75, 3.05) is 6.61 Å². The third-order valence-electron chi connectivity index (χ3n) is 2.81. The number of hydrogen-bond donors (Lipinski definition) is 0. The summed E-state index contributed by atoms with van der Waals surface area (Å²) in [6.07, 6.45) is 0. The number of rotatable bonds is 4. The zero-order valence-electron chi connectivity index (χ0n) is 11.2. The minimum absolute atomic E-state index is 0.360. The smallest absolute Gasteiger partial charge is 0.269 e. The Labute approximate surface area is 125 Å². The van der Waals surface area contributed by atoms with E-state index in [1.54, 1.807) is 6.07 Å². The van der Waals surface area contributed by atoms with Gasteiger partial charge in [0, 0.05) is 5.56 Å². The van der Waals surface area contributed by atoms with Crippen molar-refractivity contribution in [3.63, 3.8) is 0 Å². The standard InChI is InChI=1S/C15H11N3O2S/c1-2-19-12-5-3-4-10(8-12)14-17-15(20-18-14)13-11(9-16)6-7-21-13/h3-8H,2H2,1H3. The van der Waals surface area contributed by atoms with Crippen LogP contribution in [0.3, 0.4) is 0 Å². The fourth-order valence-corrected chi connectivity index (χ4v) is 2.65. The fourth-order valence-electron chi connectivity index (χ4n) is 1.89. The number of nitrogens with zero attached hydrogens (tertiary/aromatic N) is 3. The molecule has 21 heavy (non-hydrogen) atoms. The van der Waals surface area contributed by atoms with Gasteiger partial charge in [-0.3, -0.25) is 0 Å². The molecular weight excluding hydrogens is 286 g/mol. The van der Waals surface area contributed by atoms with Crippen LogP contribution in [0.2, 0.25) is 0 Å². The molecular formula is C15H11N3O2S. The third-order valence-corrected chi connectivity index (χ3v) is 3.71. The number of ether oxygens (including phenoxy) is 1. The van der Waals surface area contributed by atoms with Crippen molar-refractivity contribution in [3.05, 3.63) is 41.3 Å². The van der Waals surface area contributed by atoms with E-state index in [2.05, 4.69) is 16.2 Å². The number of thiophene rings is 1. The molecule has 3 rings (SSSR count). The Morgan fingerprint density at radius 2 is 2.29 bits per heavy atom. The monoisotopic (exact) mass is 297 g/mol. The number of aromatic nitrogens is 2. The van der Waals surface area contributed by atoms with E-state index in [4.69, 9.17) is 14.5 Å². The average molecular weight is 297 g/mol. The Hall–Kier alpha value is -2.65. The Morgan fingerprint density at radius 3 is 3.10 bits per heavy atom. The van der Waals surface area contributed by atoms with E-state index in [1.165, 1.54) is 11.3 Å². The van der Waals surface area contributed by atoms with Crippen molar-refractivity contribution in [2.45, 2.75) is 6.92 Å². The highest BCUT2D eigenvalue weighted by atomic mass is 32.1. The molecule has 2 heterocycles. The van der Waals surface area contributed by atoms with Crippen molar-refractivity contribution < 1.29 is 9.26 Å². The van der Waals surface area contributed by atoms with Crippen molar-refractivity contribution in [1.82, 2.24) is 10.1 Å². The molecule has 3 aromatic rings. The van der Waals surface area contributed by atoms with Gasteiger partial charge >= 0.3 is 0 Å². The molecule has 0 amide bonds. The van der Waals surface area contributed by atoms with Gasteiger partial charge in [0.1, 0.15) is 16.7 Å². The van der Waals surface area contributed by atoms with Gasteiger partial charge in [-0.1, -0.05) is 17.3 Å². The second-order valence-corrected chi connectivity index (χ2v) is 5.08. The molecule has 0 aliphatic rings. The first-order chi connectivity index (χ1) is 10.3. The number of nitriles is 1. The first-order valence-corrected chi connectivity index (χ1v) is 7.24. The number of hydrogen-bond acceptors (Lipinski definition) is 6. The van der Waals surface area contributed by atoms with Gasteiger partial charge in [-0.2, -0.15) is 10.2 Å². The first-order valence-electron chi connectivity index (χ1n) is 6.36. The fraction of sp³-hybridized carbons (Fsp3) is 0.133. The predicted molar refractivity (Wildman–Crippen MR) is 78.9 cm³/mol. The lowest BCUT2D eigenvalue weighted by Crippen LogP contribution is -1.91. The minimum atomic E-state index is 0.360. The Morgan fingerprint density at radius 1 is 1.38 bits per heavy atom. The lowest BCUT2D eigenvalue weighted by atomic mass is 10.2. The van der Waals surface area contributed by atoms with Gasteiger partial charge in [-0.15, -0.1) is 11.3 Å². The molecule has 0 aliphatic heterocycles. The zero-order chi connectivity index (χ0) is 14.7. The molecule has 0 atom stereocenters. The van der Waals surface area contributed by atoms with Gasteiger partial charge in [0.2, 0.25) is 5.82 Å². The van der Waals surface area contributed by atoms with Crippen LogP contribution in [-0.4, -0.2) is 16.7 Å². The summed E-state index contributed by atoms with van der Waals surface area (Å²) in [7, 11) is 0. The van der Waals surface area contributed by atoms with Gasteiger partial charge in [0.15, 0.2) is 0 Å². The van der Waals surface area contributed by atoms with E-state index in [0.717, 1.165) is 11.3 Å². The lowest BCUT2D eigenvalue weighted by Gasteiger charge is -2.02. The van der Waals surface area contributed by atoms with Crippen molar-refractivity contribution in [1.29, 1.82) is 5.26 Å². The van der Waals surface area contributed by atoms with Crippen LogP contribution >= 0.6 is 11.3 Å². The Balaban J connectivity index is 1.95. The maximum atomic E-state index is 9.04. The molecule has 0 N–H and O–H groups in total. The Bertz CT molecular complexity index is 801. The molecule has 5 nitrogen and oxygen atoms in total. The highest BCUT2D eigenvalue weighted by Gasteiger charge is 2.15. The van der Waals surface area contributed by atoms with Gasteiger partial charge < -0.3 is 9.26 Å². The molecule has 0 fully saturated rings. The summed E-state index contributed by atoms with van der Waals surface area (Å²) in [4.78, 5) is 5.05. The predicted octanol–water partition coefficient (Wildman–Crippen LogP) is 3.74. The van der Waals surface area contributed by atoms with E-state index < -0.39 is 0 Å². The summed E-state index contributed by atoms with van der Waals surface area (Å²) < 4.78 is 10.7. The van der Waals surface area contributed by atoms with Crippen LogP contribution in [0.1, 0.15) is 12.5 Å². The molecule has 0 bridgehead atoms. The van der Waals surface area contributed by atoms with Crippen LogP contribution in [0.25, 0.3) is 22.2 Å². The van der Waals surface area contributed by atoms with E-state index >= 15 is 0 Å². The summed E-state index contributed by atoms with van der Waals surface area (Å²) in [5.74, 6) is 1.59. The van der Waals surface area contributed by atoms with E-state index in [0.29, 0.717) is 28.8 Å². The maximum Gasteiger partial charge on any atom is 0.269 e. The summed E-state index contributed by atoms with van der Waals surface area (Å²) >= 11 is 1.40. The van der Waals surface area contributed by atoms with Gasteiger partial charge in [0.05, 0.1) is 12.2 Å². The third kappa shape index (κ3) is 2.64. The largest absolute Gasteiger partial charge is 0.494 e. The van der Waals surface area contributed by atoms with Crippen LogP contribution in [0, 0.1) is 11.3 Å². The summed E-state index contributed by atoms with van der Waals surface area (Å²) in [5, 5.41) is 14.8. The molecule has 0 saturated carbocycles. The van der Waals surface area contributed by atoms with Crippen molar-refractivity contribution >= 4 is 11.3 Å². The quantitative estimate of drug-likeness (QED) is 0.733. The zero-order valence-corrected chi connectivity index (χ0v) is 12.1. The maximum absolute atomic E-state index is 9.04. The summed E-state index contributed by atoms with van der Waals surface area (Å²) in [6, 6.07) is 11.3. The van der Waals surface area contributed by atoms with Crippen LogP contribution in [0.4, 0.5) is 0 Å². The Kier molecular flexibility index (Phi) is 3.67. The highest BCUT2D eigenvalue weighted by Crippen LogP contribution is 2.30. The van der Waals surface area contributed by atoms with Crippen LogP contribution in [0.5, 0.6) is 5.75 Å². The normalized spacial score (nSPS) is 10.3. The highest BCUT2D eigenvalue weighted by molar-refractivity contribution is 7.13. The summed E-state index contributed by atoms with van der Waals surface area (Å²) in [6.45, 7) is 2.53. The lowest BCUT2D eigenvalue weighted by molar-refractivity contribution is 0.340. The van der Waals surface area contributed by atoms with Crippen LogP contribution < -0.4 is 4.74 Å². The first kappa shape index (κ1) is 13.3. The van der Waals surface area contributed by atoms with Gasteiger partial charge in [0.25, 0.3) is 5.89 Å². The molecule has 6 heteroatoms. The molecule has 1 aromatic carbocycles. The topological polar surface area (TPSA) is 71.9 Å². The molecule has 0 radical (unpaired) electrons. The molecule has 0 saturated heterocycles. The SMILES string of the molecule is CCOc1cccc(-c2noc(-c3sccc3C#N)n2)c1. The van der Waals surface area contributed by atoms with Crippen LogP contribution in [-0.2, 0) is 0 Å². The molecule has 0 aliphatic carbocycles. The van der Waals surface area contributed by atoms with E-state index in [9.17, 15) is 0 Å². The molecule has 0 spiro atoms. The van der Waals surface area contributed by atoms with E-state index in [1.807, 2.05) is 36.6 Å². The molecule has 2 aromatic heterocycles. The summed E-state index contributed by atoms with van der Waals surface area (Å²) in [5.41, 5.74) is 1.35. The van der Waals surface area contributed by atoms with Crippen molar-refractivity contribution in [3.8, 4) is 34.0 Å². The van der Waals surface area contributed by atoms with Crippen molar-refractivity contribution in [2.24, 2.45) is 0 Å². The van der Waals surface area contributed by atoms with Gasteiger partial charge in [-0.05, 0) is 30.5 Å². The molecule has 104 valence electrons.